The van der Waals surface area contributed by atoms with Gasteiger partial charge in [-0.15, -0.1) is 0 Å². The molecular weight excluding hydrogens is 477 g/mol. The molecule has 3 N–H and O–H groups in total. The number of amides is 1. The number of quaternary nitrogens is 1. The molecule has 12 heteroatoms. The third-order valence-corrected chi connectivity index (χ3v) is 6.12. The number of anilines is 1. The average Bonchev–Trinajstić information content (AvgIpc) is 2.72. The van der Waals surface area contributed by atoms with Crippen molar-refractivity contribution < 1.29 is 38.2 Å². The molecule has 0 fully saturated rings. The summed E-state index contributed by atoms with van der Waals surface area (Å²) in [7, 11) is 1.24. The Balaban J connectivity index is 0.0000116. The Morgan fingerprint density at radius 1 is 1.09 bits per heavy atom. The van der Waals surface area contributed by atoms with Crippen molar-refractivity contribution in [3.05, 3.63) is 28.3 Å². The Morgan fingerprint density at radius 2 is 1.66 bits per heavy atom. The highest BCUT2D eigenvalue weighted by Crippen LogP contribution is 2.46. The van der Waals surface area contributed by atoms with E-state index < -0.39 is 12.7 Å². The molecule has 1 rings (SSSR count). The third kappa shape index (κ3) is 15.5. The molecule has 0 aliphatic heterocycles. The molecule has 0 heterocycles. The van der Waals surface area contributed by atoms with Gasteiger partial charge in [0.15, 0.2) is 5.75 Å². The van der Waals surface area contributed by atoms with Crippen LogP contribution in [0.5, 0.6) is 5.75 Å². The normalized spacial score (nSPS) is 12.9. The van der Waals surface area contributed by atoms with Gasteiger partial charge in [-0.05, 0) is 12.5 Å². The second-order valence-electron chi connectivity index (χ2n) is 9.47. The van der Waals surface area contributed by atoms with Crippen molar-refractivity contribution in [2.24, 2.45) is 0 Å². The van der Waals surface area contributed by atoms with Crippen LogP contribution in [0, 0.1) is 10.1 Å². The number of likely N-dealkylation sites (N-methyl/N-ethyl adjacent to an activating group) is 1. The first kappa shape index (κ1) is 33.0. The van der Waals surface area contributed by atoms with Crippen molar-refractivity contribution in [3.63, 3.8) is 0 Å². The summed E-state index contributed by atoms with van der Waals surface area (Å²) in [4.78, 5) is 33.0. The number of benzene rings is 1. The van der Waals surface area contributed by atoms with Gasteiger partial charge >= 0.3 is 7.82 Å². The van der Waals surface area contributed by atoms with Crippen molar-refractivity contribution in [1.82, 2.24) is 0 Å². The fourth-order valence-corrected chi connectivity index (χ4v) is 3.97. The van der Waals surface area contributed by atoms with Gasteiger partial charge in [0.2, 0.25) is 5.91 Å². The van der Waals surface area contributed by atoms with Crippen molar-refractivity contribution in [2.45, 2.75) is 71.1 Å². The number of carbonyl (C=O) groups excluding carboxylic acids is 1. The molecule has 1 aromatic rings. The number of hydrogen-bond donors (Lipinski definition) is 2. The first-order chi connectivity index (χ1) is 15.9. The number of non-ortho nitro benzene ring substituents is 1. The zero-order chi connectivity index (χ0) is 25.6. The van der Waals surface area contributed by atoms with Gasteiger partial charge in [-0.3, -0.25) is 24.3 Å². The van der Waals surface area contributed by atoms with Gasteiger partial charge in [0, 0.05) is 18.6 Å². The number of phosphoric ester groups is 1. The van der Waals surface area contributed by atoms with Crippen molar-refractivity contribution >= 4 is 25.1 Å². The van der Waals surface area contributed by atoms with Crippen LogP contribution in [-0.4, -0.2) is 60.0 Å². The minimum Gasteiger partial charge on any atom is -0.870 e. The van der Waals surface area contributed by atoms with Crippen LogP contribution in [0.15, 0.2) is 18.2 Å². The summed E-state index contributed by atoms with van der Waals surface area (Å²) >= 11 is 0. The van der Waals surface area contributed by atoms with Crippen molar-refractivity contribution in [3.8, 4) is 5.75 Å². The van der Waals surface area contributed by atoms with E-state index in [4.69, 9.17) is 9.05 Å². The lowest BCUT2D eigenvalue weighted by Crippen LogP contribution is -2.37. The Hall–Kier alpha value is -2.04. The molecule has 11 nitrogen and oxygen atoms in total. The first-order valence-electron chi connectivity index (χ1n) is 12.0. The van der Waals surface area contributed by atoms with Crippen LogP contribution in [0.25, 0.3) is 0 Å². The first-order valence-corrected chi connectivity index (χ1v) is 13.5. The number of nitro benzene ring substituents is 1. The maximum Gasteiger partial charge on any atom is 0.527 e. The smallest absolute Gasteiger partial charge is 0.527 e. The lowest BCUT2D eigenvalue weighted by Gasteiger charge is -2.24. The summed E-state index contributed by atoms with van der Waals surface area (Å²) in [6.07, 6.45) is 10.3. The molecule has 202 valence electrons. The van der Waals surface area contributed by atoms with Gasteiger partial charge in [-0.25, -0.2) is 4.57 Å². The maximum absolute atomic E-state index is 12.4. The Kier molecular flexibility index (Phi) is 15.6. The largest absolute Gasteiger partial charge is 0.870 e. The van der Waals surface area contributed by atoms with E-state index in [-0.39, 0.29) is 41.5 Å². The SMILES string of the molecule is CCCCCCCCCCCC(=O)Nc1cc([N+](=O)[O-])ccc1OP(=O)(O)OCC[N+](C)(C)C.[OH-]. The molecule has 35 heavy (non-hydrogen) atoms. The minimum absolute atomic E-state index is 0. The van der Waals surface area contributed by atoms with Crippen molar-refractivity contribution in [2.75, 3.05) is 39.6 Å². The summed E-state index contributed by atoms with van der Waals surface area (Å²) in [6.45, 7) is 2.64. The Bertz CT molecular complexity index is 829. The third-order valence-electron chi connectivity index (χ3n) is 5.19. The molecule has 0 bridgehead atoms. The predicted octanol–water partition coefficient (Wildman–Crippen LogP) is 5.48. The number of phosphoric acid groups is 1. The Morgan fingerprint density at radius 3 is 2.20 bits per heavy atom. The molecular formula is C23H42N3O8P. The number of unbranched alkanes of at least 4 members (excludes halogenated alkanes) is 8. The van der Waals surface area contributed by atoms with Crippen LogP contribution in [0.2, 0.25) is 0 Å². The summed E-state index contributed by atoms with van der Waals surface area (Å²) in [5.74, 6) is -0.505. The van der Waals surface area contributed by atoms with E-state index >= 15 is 0 Å². The molecule has 1 aromatic carbocycles. The molecule has 0 saturated heterocycles. The van der Waals surface area contributed by atoms with Crippen LogP contribution in [0.1, 0.15) is 71.1 Å². The number of nitrogens with zero attached hydrogens (tertiary/aromatic N) is 2. The molecule has 0 aromatic heterocycles. The summed E-state index contributed by atoms with van der Waals surface area (Å²) in [5, 5.41) is 13.7. The minimum atomic E-state index is -4.49. The van der Waals surface area contributed by atoms with Crippen LogP contribution < -0.4 is 9.84 Å². The van der Waals surface area contributed by atoms with Gasteiger partial charge in [-0.1, -0.05) is 58.3 Å². The van der Waals surface area contributed by atoms with Gasteiger partial charge in [0.05, 0.1) is 31.8 Å². The molecule has 1 atom stereocenters. The fraction of sp³-hybridized carbons (Fsp3) is 0.696. The van der Waals surface area contributed by atoms with Gasteiger partial charge in [0.25, 0.3) is 5.69 Å². The summed E-state index contributed by atoms with van der Waals surface area (Å²) in [6, 6.07) is 3.42. The average molecular weight is 520 g/mol. The van der Waals surface area contributed by atoms with Gasteiger partial charge < -0.3 is 19.8 Å². The van der Waals surface area contributed by atoms with Crippen LogP contribution >= 0.6 is 7.82 Å². The van der Waals surface area contributed by atoms with E-state index in [1.54, 1.807) is 0 Å². The van der Waals surface area contributed by atoms with Crippen LogP contribution in [0.4, 0.5) is 11.4 Å². The lowest BCUT2D eigenvalue weighted by molar-refractivity contribution is -0.870. The number of nitrogens with one attached hydrogen (secondary N) is 1. The number of nitro groups is 1. The zero-order valence-corrected chi connectivity index (χ0v) is 22.3. The van der Waals surface area contributed by atoms with E-state index in [0.717, 1.165) is 31.4 Å². The fourth-order valence-electron chi connectivity index (χ4n) is 3.20. The highest BCUT2D eigenvalue weighted by Gasteiger charge is 2.27. The van der Waals surface area contributed by atoms with E-state index in [0.29, 0.717) is 17.4 Å². The highest BCUT2D eigenvalue weighted by atomic mass is 31.2. The molecule has 1 amide bonds. The predicted molar refractivity (Wildman–Crippen MR) is 135 cm³/mol. The molecule has 0 aliphatic carbocycles. The molecule has 0 spiro atoms. The number of carbonyl (C=O) groups is 1. The Labute approximate surface area is 208 Å². The quantitative estimate of drug-likeness (QED) is 0.0848. The zero-order valence-electron chi connectivity index (χ0n) is 21.4. The molecule has 1 unspecified atom stereocenters. The lowest BCUT2D eigenvalue weighted by atomic mass is 10.1. The second kappa shape index (κ2) is 16.6. The molecule has 0 radical (unpaired) electrons. The summed E-state index contributed by atoms with van der Waals surface area (Å²) in [5.41, 5.74) is -0.316. The van der Waals surface area contributed by atoms with Crippen molar-refractivity contribution in [1.29, 1.82) is 0 Å². The van der Waals surface area contributed by atoms with E-state index in [1.807, 2.05) is 21.1 Å². The summed E-state index contributed by atoms with van der Waals surface area (Å²) < 4.78 is 23.0. The maximum atomic E-state index is 12.4. The molecule has 0 aliphatic rings. The van der Waals surface area contributed by atoms with Gasteiger partial charge in [0.1, 0.15) is 13.2 Å². The standard InChI is InChI=1S/C23H40N3O7P.H2O/c1-5-6-7-8-9-10-11-12-13-14-23(27)24-21-19-20(25(28)29)15-16-22(21)33-34(30,31)32-18-17-26(2,3)4;/h15-16,19H,5-14,17-18H2,1-4H3,(H-,24,27,30,31);1H2. The monoisotopic (exact) mass is 519 g/mol. The number of rotatable bonds is 18. The topological polar surface area (TPSA) is 158 Å². The van der Waals surface area contributed by atoms with E-state index in [9.17, 15) is 24.4 Å². The molecule has 0 saturated carbocycles. The van der Waals surface area contributed by atoms with E-state index in [1.165, 1.54) is 38.2 Å². The highest BCUT2D eigenvalue weighted by molar-refractivity contribution is 7.47. The number of hydrogen-bond acceptors (Lipinski definition) is 7. The van der Waals surface area contributed by atoms with Crippen LogP contribution in [-0.2, 0) is 13.9 Å². The van der Waals surface area contributed by atoms with Crippen LogP contribution in [0.3, 0.4) is 0 Å². The van der Waals surface area contributed by atoms with E-state index in [2.05, 4.69) is 12.2 Å². The van der Waals surface area contributed by atoms with Gasteiger partial charge in [-0.2, -0.15) is 0 Å². The second-order valence-corrected chi connectivity index (χ2v) is 10.8.